The van der Waals surface area contributed by atoms with Gasteiger partial charge in [-0.05, 0) is 34.5 Å². The number of carbonyl (C=O) groups is 2. The minimum Gasteiger partial charge on any atom is -0.385 e. The van der Waals surface area contributed by atoms with Crippen molar-refractivity contribution in [2.24, 2.45) is 0 Å². The Hall–Kier alpha value is -2.42. The SMILES string of the molecule is CNC1=Cc2cc3ccccc3cc2C(=O)C1=O. The number of benzene rings is 2. The van der Waals surface area contributed by atoms with Crippen molar-refractivity contribution >= 4 is 28.4 Å². The molecule has 0 saturated heterocycles. The second-order valence-corrected chi connectivity index (χ2v) is 4.25. The molecule has 1 N–H and O–H groups in total. The Morgan fingerprint density at radius 1 is 0.944 bits per heavy atom. The summed E-state index contributed by atoms with van der Waals surface area (Å²) in [6.07, 6.45) is 1.73. The Balaban J connectivity index is 2.32. The average Bonchev–Trinajstić information content (AvgIpc) is 2.41. The number of Topliss-reactive ketones (excluding diaryl/α,β-unsaturated/α-hetero) is 2. The number of likely N-dealkylation sites (N-methyl/N-ethyl adjacent to an activating group) is 1. The number of nitrogens with one attached hydrogen (secondary N) is 1. The quantitative estimate of drug-likeness (QED) is 0.773. The zero-order valence-corrected chi connectivity index (χ0v) is 9.86. The van der Waals surface area contributed by atoms with E-state index in [0.717, 1.165) is 16.3 Å². The molecule has 2 aromatic rings. The van der Waals surface area contributed by atoms with Crippen molar-refractivity contribution in [1.29, 1.82) is 0 Å². The second-order valence-electron chi connectivity index (χ2n) is 4.25. The summed E-state index contributed by atoms with van der Waals surface area (Å²) in [6, 6.07) is 11.5. The van der Waals surface area contributed by atoms with Crippen molar-refractivity contribution in [3.63, 3.8) is 0 Å². The maximum Gasteiger partial charge on any atom is 0.249 e. The summed E-state index contributed by atoms with van der Waals surface area (Å²) in [5.74, 6) is -0.914. The van der Waals surface area contributed by atoms with Gasteiger partial charge in [-0.3, -0.25) is 9.59 Å². The normalized spacial score (nSPS) is 14.4. The molecule has 0 saturated carbocycles. The number of allylic oxidation sites excluding steroid dienone is 1. The van der Waals surface area contributed by atoms with Crippen molar-refractivity contribution in [2.45, 2.75) is 0 Å². The molecule has 3 rings (SSSR count). The van der Waals surface area contributed by atoms with E-state index in [1.165, 1.54) is 0 Å². The Bertz CT molecular complexity index is 714. The van der Waals surface area contributed by atoms with E-state index in [0.29, 0.717) is 11.3 Å². The van der Waals surface area contributed by atoms with E-state index in [2.05, 4.69) is 5.32 Å². The molecule has 3 nitrogen and oxygen atoms in total. The van der Waals surface area contributed by atoms with E-state index in [-0.39, 0.29) is 0 Å². The van der Waals surface area contributed by atoms with Gasteiger partial charge in [0.2, 0.25) is 11.6 Å². The van der Waals surface area contributed by atoms with Gasteiger partial charge in [0, 0.05) is 12.6 Å². The maximum absolute atomic E-state index is 12.0. The van der Waals surface area contributed by atoms with Crippen LogP contribution in [0.3, 0.4) is 0 Å². The largest absolute Gasteiger partial charge is 0.385 e. The van der Waals surface area contributed by atoms with E-state index in [1.807, 2.05) is 30.3 Å². The number of fused-ring (bicyclic) bond motifs is 2. The first-order valence-electron chi connectivity index (χ1n) is 5.72. The van der Waals surface area contributed by atoms with Gasteiger partial charge in [0.15, 0.2) is 0 Å². The van der Waals surface area contributed by atoms with Crippen LogP contribution in [0.15, 0.2) is 42.1 Å². The first-order valence-corrected chi connectivity index (χ1v) is 5.72. The topological polar surface area (TPSA) is 46.2 Å². The van der Waals surface area contributed by atoms with Gasteiger partial charge in [0.25, 0.3) is 0 Å². The van der Waals surface area contributed by atoms with Crippen molar-refractivity contribution in [3.8, 4) is 0 Å². The summed E-state index contributed by atoms with van der Waals surface area (Å²) in [6.45, 7) is 0. The fourth-order valence-electron chi connectivity index (χ4n) is 2.23. The lowest BCUT2D eigenvalue weighted by molar-refractivity contribution is -0.112. The van der Waals surface area contributed by atoms with Crippen LogP contribution in [0.5, 0.6) is 0 Å². The van der Waals surface area contributed by atoms with Gasteiger partial charge < -0.3 is 5.32 Å². The number of hydrogen-bond donors (Lipinski definition) is 1. The van der Waals surface area contributed by atoms with E-state index in [9.17, 15) is 9.59 Å². The first-order chi connectivity index (χ1) is 8.70. The highest BCUT2D eigenvalue weighted by atomic mass is 16.2. The smallest absolute Gasteiger partial charge is 0.249 e. The molecule has 0 aliphatic heterocycles. The average molecular weight is 237 g/mol. The Morgan fingerprint density at radius 3 is 2.28 bits per heavy atom. The van der Waals surface area contributed by atoms with Gasteiger partial charge in [0.1, 0.15) is 0 Å². The molecule has 0 atom stereocenters. The van der Waals surface area contributed by atoms with Crippen LogP contribution in [0.25, 0.3) is 16.8 Å². The van der Waals surface area contributed by atoms with Gasteiger partial charge in [0.05, 0.1) is 5.70 Å². The zero-order chi connectivity index (χ0) is 12.7. The predicted molar refractivity (Wildman–Crippen MR) is 70.3 cm³/mol. The lowest BCUT2D eigenvalue weighted by atomic mass is 9.90. The minimum absolute atomic E-state index is 0.350. The first kappa shape index (κ1) is 10.7. The lowest BCUT2D eigenvalue weighted by Crippen LogP contribution is -2.27. The van der Waals surface area contributed by atoms with E-state index >= 15 is 0 Å². The Kier molecular flexibility index (Phi) is 2.27. The molecular formula is C15H11NO2. The standard InChI is InChI=1S/C15H11NO2/c1-16-13-8-11-6-9-4-2-3-5-10(9)7-12(11)14(17)15(13)18/h2-8,16H,1H3. The lowest BCUT2D eigenvalue weighted by Gasteiger charge is -2.15. The Morgan fingerprint density at radius 2 is 1.61 bits per heavy atom. The molecule has 2 aromatic carbocycles. The second kappa shape index (κ2) is 3.81. The number of hydrogen-bond acceptors (Lipinski definition) is 3. The van der Waals surface area contributed by atoms with E-state index in [4.69, 9.17) is 0 Å². The molecular weight excluding hydrogens is 226 g/mol. The fraction of sp³-hybridized carbons (Fsp3) is 0.0667. The summed E-state index contributed by atoms with van der Waals surface area (Å²) < 4.78 is 0. The highest BCUT2D eigenvalue weighted by Gasteiger charge is 2.27. The summed E-state index contributed by atoms with van der Waals surface area (Å²) >= 11 is 0. The van der Waals surface area contributed by atoms with Crippen LogP contribution in [0.2, 0.25) is 0 Å². The molecule has 3 heteroatoms. The van der Waals surface area contributed by atoms with Crippen LogP contribution < -0.4 is 5.32 Å². The van der Waals surface area contributed by atoms with Gasteiger partial charge in [-0.2, -0.15) is 0 Å². The molecule has 18 heavy (non-hydrogen) atoms. The molecule has 1 aliphatic rings. The van der Waals surface area contributed by atoms with Gasteiger partial charge in [-0.25, -0.2) is 0 Å². The molecule has 0 spiro atoms. The van der Waals surface area contributed by atoms with E-state index in [1.54, 1.807) is 19.2 Å². The molecule has 0 aromatic heterocycles. The highest BCUT2D eigenvalue weighted by molar-refractivity contribution is 6.51. The third-order valence-electron chi connectivity index (χ3n) is 3.18. The summed E-state index contributed by atoms with van der Waals surface area (Å²) in [4.78, 5) is 23.8. The van der Waals surface area contributed by atoms with Crippen molar-refractivity contribution in [1.82, 2.24) is 5.32 Å². The number of carbonyl (C=O) groups excluding carboxylic acids is 2. The van der Waals surface area contributed by atoms with Crippen molar-refractivity contribution in [3.05, 3.63) is 53.2 Å². The Labute approximate surface area is 104 Å². The molecule has 0 amide bonds. The van der Waals surface area contributed by atoms with Crippen LogP contribution in [0.4, 0.5) is 0 Å². The van der Waals surface area contributed by atoms with Crippen LogP contribution >= 0.6 is 0 Å². The maximum atomic E-state index is 12.0. The third-order valence-corrected chi connectivity index (χ3v) is 3.18. The molecule has 1 aliphatic carbocycles. The van der Waals surface area contributed by atoms with Crippen LogP contribution in [0, 0.1) is 0 Å². The summed E-state index contributed by atoms with van der Waals surface area (Å²) in [5, 5.41) is 4.80. The zero-order valence-electron chi connectivity index (χ0n) is 9.86. The predicted octanol–water partition coefficient (Wildman–Crippen LogP) is 2.17. The third kappa shape index (κ3) is 1.44. The van der Waals surface area contributed by atoms with Crippen molar-refractivity contribution in [2.75, 3.05) is 7.05 Å². The van der Waals surface area contributed by atoms with Crippen LogP contribution in [0.1, 0.15) is 15.9 Å². The summed E-state index contributed by atoms with van der Waals surface area (Å²) in [7, 11) is 1.64. The van der Waals surface area contributed by atoms with Gasteiger partial charge in [-0.15, -0.1) is 0 Å². The number of ketones is 2. The minimum atomic E-state index is -0.472. The monoisotopic (exact) mass is 237 g/mol. The molecule has 0 bridgehead atoms. The molecule has 0 fully saturated rings. The number of rotatable bonds is 1. The molecule has 0 heterocycles. The van der Waals surface area contributed by atoms with Gasteiger partial charge >= 0.3 is 0 Å². The van der Waals surface area contributed by atoms with Gasteiger partial charge in [-0.1, -0.05) is 24.3 Å². The van der Waals surface area contributed by atoms with E-state index < -0.39 is 11.6 Å². The van der Waals surface area contributed by atoms with Crippen molar-refractivity contribution < 1.29 is 9.59 Å². The van der Waals surface area contributed by atoms with Crippen LogP contribution in [-0.2, 0) is 4.79 Å². The molecule has 0 unspecified atom stereocenters. The van der Waals surface area contributed by atoms with Crippen LogP contribution in [-0.4, -0.2) is 18.6 Å². The fourth-order valence-corrected chi connectivity index (χ4v) is 2.23. The molecule has 0 radical (unpaired) electrons. The highest BCUT2D eigenvalue weighted by Crippen LogP contribution is 2.26. The molecule has 88 valence electrons. The summed E-state index contributed by atoms with van der Waals surface area (Å²) in [5.41, 5.74) is 1.63.